The lowest BCUT2D eigenvalue weighted by Gasteiger charge is -2.29. The molecule has 0 amide bonds. The topological polar surface area (TPSA) is 60.5 Å². The fourth-order valence-electron chi connectivity index (χ4n) is 3.23. The van der Waals surface area contributed by atoms with Crippen molar-refractivity contribution in [2.45, 2.75) is 32.0 Å². The second-order valence-electron chi connectivity index (χ2n) is 7.03. The van der Waals surface area contributed by atoms with Gasteiger partial charge in [0.15, 0.2) is 5.75 Å². The number of carbonyl (C=O) groups is 1. The Morgan fingerprint density at radius 3 is 2.73 bits per heavy atom. The summed E-state index contributed by atoms with van der Waals surface area (Å²) in [5.74, 6) is -3.55. The molecule has 0 unspecified atom stereocenters. The second-order valence-corrected chi connectivity index (χ2v) is 7.46. The number of aromatic nitrogens is 1. The van der Waals surface area contributed by atoms with Crippen LogP contribution in [0.3, 0.4) is 0 Å². The number of ether oxygens (including phenoxy) is 2. The molecule has 0 radical (unpaired) electrons. The number of pyridine rings is 1. The van der Waals surface area contributed by atoms with Crippen molar-refractivity contribution in [1.82, 2.24) is 10.3 Å². The third-order valence-electron chi connectivity index (χ3n) is 4.83. The number of nitrogens with zero attached hydrogens (tertiary/aromatic N) is 1. The van der Waals surface area contributed by atoms with Gasteiger partial charge in [0.1, 0.15) is 12.4 Å². The highest BCUT2D eigenvalue weighted by Gasteiger charge is 2.42. The fraction of sp³-hybridized carbons (Fsp3) is 0.400. The minimum Gasteiger partial charge on any atom is -0.470 e. The van der Waals surface area contributed by atoms with Gasteiger partial charge in [-0.2, -0.15) is 13.2 Å². The standard InChI is InChI=1S/C20H19ClF4N2O3/c1-11-9-26-7-6-14(11)16-4-5-17(30-19(28)20(23,24)25)18(27-16)29-10-12-2-3-13(21)8-15(12)22/h2-5,8,11,14,26H,6-7,9-10H2,1H3/t11-,14-/m0/s1. The average Bonchev–Trinajstić information content (AvgIpc) is 2.68. The van der Waals surface area contributed by atoms with Gasteiger partial charge in [-0.05, 0) is 49.7 Å². The number of piperidine rings is 1. The minimum absolute atomic E-state index is 0.0493. The van der Waals surface area contributed by atoms with Crippen molar-refractivity contribution in [2.24, 2.45) is 5.92 Å². The maximum absolute atomic E-state index is 14.0. The first-order valence-corrected chi connectivity index (χ1v) is 9.60. The summed E-state index contributed by atoms with van der Waals surface area (Å²) in [4.78, 5) is 15.6. The smallest absolute Gasteiger partial charge is 0.470 e. The third kappa shape index (κ3) is 5.40. The molecule has 2 heterocycles. The van der Waals surface area contributed by atoms with E-state index in [0.717, 1.165) is 25.6 Å². The fourth-order valence-corrected chi connectivity index (χ4v) is 3.38. The molecule has 0 saturated carbocycles. The molecular weight excluding hydrogens is 428 g/mol. The summed E-state index contributed by atoms with van der Waals surface area (Å²) < 4.78 is 61.8. The maximum atomic E-state index is 14.0. The van der Waals surface area contributed by atoms with Gasteiger partial charge in [-0.25, -0.2) is 14.2 Å². The predicted octanol–water partition coefficient (Wildman–Crippen LogP) is 4.63. The number of nitrogens with one attached hydrogen (secondary N) is 1. The van der Waals surface area contributed by atoms with Crippen LogP contribution in [0, 0.1) is 11.7 Å². The van der Waals surface area contributed by atoms with Crippen molar-refractivity contribution in [3.63, 3.8) is 0 Å². The van der Waals surface area contributed by atoms with E-state index in [-0.39, 0.29) is 34.9 Å². The van der Waals surface area contributed by atoms with Gasteiger partial charge in [0.2, 0.25) is 0 Å². The largest absolute Gasteiger partial charge is 0.491 e. The molecule has 1 aromatic heterocycles. The van der Waals surface area contributed by atoms with Crippen LogP contribution in [0.15, 0.2) is 30.3 Å². The molecule has 2 aromatic rings. The lowest BCUT2D eigenvalue weighted by molar-refractivity contribution is -0.189. The van der Waals surface area contributed by atoms with Crippen LogP contribution < -0.4 is 14.8 Å². The number of alkyl halides is 3. The molecule has 5 nitrogen and oxygen atoms in total. The zero-order valence-corrected chi connectivity index (χ0v) is 16.7. The Bertz CT molecular complexity index is 923. The predicted molar refractivity (Wildman–Crippen MR) is 101 cm³/mol. The first-order valence-electron chi connectivity index (χ1n) is 9.22. The summed E-state index contributed by atoms with van der Waals surface area (Å²) in [7, 11) is 0. The van der Waals surface area contributed by atoms with E-state index in [9.17, 15) is 22.4 Å². The first-order chi connectivity index (χ1) is 14.1. The summed E-state index contributed by atoms with van der Waals surface area (Å²) in [5, 5.41) is 3.45. The molecule has 1 saturated heterocycles. The molecule has 1 aromatic carbocycles. The van der Waals surface area contributed by atoms with Crippen LogP contribution in [0.5, 0.6) is 11.6 Å². The molecule has 0 bridgehead atoms. The summed E-state index contributed by atoms with van der Waals surface area (Å²) >= 11 is 5.72. The zero-order chi connectivity index (χ0) is 21.9. The van der Waals surface area contributed by atoms with Crippen molar-refractivity contribution in [3.8, 4) is 11.6 Å². The van der Waals surface area contributed by atoms with Gasteiger partial charge in [0, 0.05) is 22.2 Å². The van der Waals surface area contributed by atoms with Gasteiger partial charge in [-0.15, -0.1) is 0 Å². The van der Waals surface area contributed by atoms with Gasteiger partial charge in [-0.1, -0.05) is 24.6 Å². The van der Waals surface area contributed by atoms with E-state index in [1.807, 2.05) is 6.92 Å². The quantitative estimate of drug-likeness (QED) is 0.536. The minimum atomic E-state index is -5.18. The number of carbonyl (C=O) groups excluding carboxylic acids is 1. The normalized spacial score (nSPS) is 19.4. The molecule has 162 valence electrons. The monoisotopic (exact) mass is 446 g/mol. The lowest BCUT2D eigenvalue weighted by Crippen LogP contribution is -2.34. The van der Waals surface area contributed by atoms with E-state index in [2.05, 4.69) is 15.0 Å². The molecule has 1 fully saturated rings. The Labute approximate surface area is 175 Å². The second kappa shape index (κ2) is 9.18. The molecule has 0 aliphatic carbocycles. The average molecular weight is 447 g/mol. The molecule has 2 atom stereocenters. The van der Waals surface area contributed by atoms with Gasteiger partial charge >= 0.3 is 12.1 Å². The molecule has 0 spiro atoms. The van der Waals surface area contributed by atoms with E-state index in [0.29, 0.717) is 5.69 Å². The maximum Gasteiger partial charge on any atom is 0.491 e. The Morgan fingerprint density at radius 2 is 2.07 bits per heavy atom. The number of benzene rings is 1. The van der Waals surface area contributed by atoms with E-state index in [4.69, 9.17) is 16.3 Å². The van der Waals surface area contributed by atoms with E-state index < -0.39 is 23.7 Å². The van der Waals surface area contributed by atoms with Crippen molar-refractivity contribution < 1.29 is 31.8 Å². The number of esters is 1. The Hall–Kier alpha value is -2.39. The summed E-state index contributed by atoms with van der Waals surface area (Å²) in [6.45, 7) is 3.23. The lowest BCUT2D eigenvalue weighted by atomic mass is 9.85. The van der Waals surface area contributed by atoms with Gasteiger partial charge in [0.05, 0.1) is 0 Å². The molecule has 1 aliphatic rings. The van der Waals surface area contributed by atoms with Crippen molar-refractivity contribution in [1.29, 1.82) is 0 Å². The van der Waals surface area contributed by atoms with Gasteiger partial charge < -0.3 is 14.8 Å². The van der Waals surface area contributed by atoms with Crippen LogP contribution in [0.25, 0.3) is 0 Å². The summed E-state index contributed by atoms with van der Waals surface area (Å²) in [5.41, 5.74) is 0.720. The highest BCUT2D eigenvalue weighted by atomic mass is 35.5. The SMILES string of the molecule is C[C@H]1CNCC[C@@H]1c1ccc(OC(=O)C(F)(F)F)c(OCc2ccc(Cl)cc2F)n1. The first kappa shape index (κ1) is 22.3. The van der Waals surface area contributed by atoms with Gasteiger partial charge in [-0.3, -0.25) is 0 Å². The van der Waals surface area contributed by atoms with Crippen molar-refractivity contribution >= 4 is 17.6 Å². The van der Waals surface area contributed by atoms with E-state index >= 15 is 0 Å². The molecule has 1 aliphatic heterocycles. The van der Waals surface area contributed by atoms with Crippen molar-refractivity contribution in [3.05, 3.63) is 52.4 Å². The van der Waals surface area contributed by atoms with E-state index in [1.165, 1.54) is 24.3 Å². The van der Waals surface area contributed by atoms with Crippen LogP contribution in [-0.4, -0.2) is 30.2 Å². The van der Waals surface area contributed by atoms with Crippen LogP contribution in [0.2, 0.25) is 5.02 Å². The van der Waals surface area contributed by atoms with Crippen molar-refractivity contribution in [2.75, 3.05) is 13.1 Å². The van der Waals surface area contributed by atoms with Crippen LogP contribution in [-0.2, 0) is 11.4 Å². The Kier molecular flexibility index (Phi) is 6.82. The molecule has 3 rings (SSSR count). The third-order valence-corrected chi connectivity index (χ3v) is 5.06. The number of halogens is 5. The Morgan fingerprint density at radius 1 is 1.30 bits per heavy atom. The van der Waals surface area contributed by atoms with E-state index in [1.54, 1.807) is 0 Å². The summed E-state index contributed by atoms with van der Waals surface area (Å²) in [6.07, 6.45) is -4.40. The van der Waals surface area contributed by atoms with Crippen LogP contribution in [0.4, 0.5) is 17.6 Å². The zero-order valence-electron chi connectivity index (χ0n) is 15.9. The highest BCUT2D eigenvalue weighted by Crippen LogP contribution is 2.35. The molecule has 1 N–H and O–H groups in total. The molecular formula is C20H19ClF4N2O3. The molecule has 30 heavy (non-hydrogen) atoms. The summed E-state index contributed by atoms with van der Waals surface area (Å²) in [6, 6.07) is 6.66. The Balaban J connectivity index is 1.88. The number of hydrogen-bond donors (Lipinski definition) is 1. The molecule has 10 heteroatoms. The number of rotatable bonds is 5. The number of hydrogen-bond acceptors (Lipinski definition) is 5. The van der Waals surface area contributed by atoms with Gasteiger partial charge in [0.25, 0.3) is 5.88 Å². The highest BCUT2D eigenvalue weighted by molar-refractivity contribution is 6.30. The van der Waals surface area contributed by atoms with Crippen LogP contribution >= 0.6 is 11.6 Å². The van der Waals surface area contributed by atoms with Crippen LogP contribution in [0.1, 0.15) is 30.5 Å².